The quantitative estimate of drug-likeness (QED) is 0.895. The summed E-state index contributed by atoms with van der Waals surface area (Å²) in [6.45, 7) is 7.07. The predicted octanol–water partition coefficient (Wildman–Crippen LogP) is 2.93. The molecule has 2 N–H and O–H groups in total. The van der Waals surface area contributed by atoms with E-state index in [4.69, 9.17) is 0 Å². The number of hydrogen-bond donors (Lipinski definition) is 2. The van der Waals surface area contributed by atoms with Crippen molar-refractivity contribution >= 4 is 22.8 Å². The molecule has 0 unspecified atom stereocenters. The molecule has 0 fully saturated rings. The van der Waals surface area contributed by atoms with Crippen molar-refractivity contribution in [1.29, 1.82) is 0 Å². The Hall–Kier alpha value is -2.17. The van der Waals surface area contributed by atoms with Crippen molar-refractivity contribution in [2.24, 2.45) is 5.41 Å². The minimum absolute atomic E-state index is 0.572. The van der Waals surface area contributed by atoms with E-state index in [1.54, 1.807) is 20.0 Å². The predicted molar refractivity (Wildman–Crippen MR) is 78.7 cm³/mol. The zero-order valence-corrected chi connectivity index (χ0v) is 12.1. The number of benzene rings is 1. The first-order valence-corrected chi connectivity index (χ1v) is 6.47. The van der Waals surface area contributed by atoms with Crippen molar-refractivity contribution in [2.75, 3.05) is 5.32 Å². The summed E-state index contributed by atoms with van der Waals surface area (Å²) in [6.07, 6.45) is 1.63. The van der Waals surface area contributed by atoms with Gasteiger partial charge in [-0.25, -0.2) is 4.98 Å². The van der Waals surface area contributed by atoms with Crippen LogP contribution in [0.25, 0.3) is 11.0 Å². The average molecular weight is 273 g/mol. The smallest absolute Gasteiger partial charge is 0.311 e. The fourth-order valence-corrected chi connectivity index (χ4v) is 1.76. The SMILES string of the molecule is CC(C)(Nc1cnc2ccccc2n1)C(C)(C)C(=O)O. The van der Waals surface area contributed by atoms with Crippen LogP contribution >= 0.6 is 0 Å². The molecule has 0 atom stereocenters. The van der Waals surface area contributed by atoms with E-state index >= 15 is 0 Å². The van der Waals surface area contributed by atoms with Crippen molar-refractivity contribution in [3.8, 4) is 0 Å². The lowest BCUT2D eigenvalue weighted by Gasteiger charge is -2.39. The van der Waals surface area contributed by atoms with E-state index in [2.05, 4.69) is 15.3 Å². The third-order valence-electron chi connectivity index (χ3n) is 3.99. The number of carboxylic acids is 1. The third kappa shape index (κ3) is 2.43. The second-order valence-corrected chi connectivity index (χ2v) is 5.92. The topological polar surface area (TPSA) is 75.1 Å². The first kappa shape index (κ1) is 14.2. The zero-order chi connectivity index (χ0) is 15.0. The van der Waals surface area contributed by atoms with Crippen LogP contribution in [-0.2, 0) is 4.79 Å². The molecule has 0 radical (unpaired) electrons. The van der Waals surface area contributed by atoms with E-state index in [-0.39, 0.29) is 0 Å². The molecule has 0 amide bonds. The Kier molecular flexibility index (Phi) is 3.38. The lowest BCUT2D eigenvalue weighted by Crippen LogP contribution is -2.50. The van der Waals surface area contributed by atoms with E-state index in [0.29, 0.717) is 5.82 Å². The van der Waals surface area contributed by atoms with Gasteiger partial charge in [-0.2, -0.15) is 0 Å². The third-order valence-corrected chi connectivity index (χ3v) is 3.99. The number of rotatable bonds is 4. The molecule has 2 aromatic rings. The van der Waals surface area contributed by atoms with Gasteiger partial charge in [-0.1, -0.05) is 12.1 Å². The van der Waals surface area contributed by atoms with Crippen LogP contribution in [0.3, 0.4) is 0 Å². The molecule has 0 aliphatic heterocycles. The van der Waals surface area contributed by atoms with E-state index < -0.39 is 16.9 Å². The summed E-state index contributed by atoms with van der Waals surface area (Å²) in [5.74, 6) is -0.285. The molecule has 0 saturated heterocycles. The minimum Gasteiger partial charge on any atom is -0.481 e. The maximum absolute atomic E-state index is 11.4. The number of carboxylic acid groups (broad SMARTS) is 1. The van der Waals surface area contributed by atoms with Gasteiger partial charge in [-0.3, -0.25) is 9.78 Å². The summed E-state index contributed by atoms with van der Waals surface area (Å²) < 4.78 is 0. The van der Waals surface area contributed by atoms with Gasteiger partial charge < -0.3 is 10.4 Å². The van der Waals surface area contributed by atoms with Gasteiger partial charge in [0.15, 0.2) is 0 Å². The number of anilines is 1. The van der Waals surface area contributed by atoms with Crippen LogP contribution in [0, 0.1) is 5.41 Å². The van der Waals surface area contributed by atoms with Crippen molar-refractivity contribution in [2.45, 2.75) is 33.2 Å². The van der Waals surface area contributed by atoms with Crippen LogP contribution in [-0.4, -0.2) is 26.6 Å². The van der Waals surface area contributed by atoms with E-state index in [0.717, 1.165) is 11.0 Å². The summed E-state index contributed by atoms with van der Waals surface area (Å²) >= 11 is 0. The Labute approximate surface area is 118 Å². The standard InChI is InChI=1S/C15H19N3O2/c1-14(2,13(19)20)15(3,4)18-12-9-16-10-7-5-6-8-11(10)17-12/h5-9H,1-4H3,(H,17,18)(H,19,20). The van der Waals surface area contributed by atoms with Gasteiger partial charge in [-0.15, -0.1) is 0 Å². The Morgan fingerprint density at radius 1 is 1.15 bits per heavy atom. The molecule has 20 heavy (non-hydrogen) atoms. The summed E-state index contributed by atoms with van der Waals surface area (Å²) in [5.41, 5.74) is -0.0224. The Morgan fingerprint density at radius 2 is 1.75 bits per heavy atom. The molecule has 0 aliphatic carbocycles. The number of aromatic nitrogens is 2. The molecular formula is C15H19N3O2. The molecular weight excluding hydrogens is 254 g/mol. The number of hydrogen-bond acceptors (Lipinski definition) is 4. The molecule has 2 rings (SSSR count). The number of nitrogens with zero attached hydrogens (tertiary/aromatic N) is 2. The van der Waals surface area contributed by atoms with Gasteiger partial charge in [0.1, 0.15) is 5.82 Å². The minimum atomic E-state index is -0.944. The number of fused-ring (bicyclic) bond motifs is 1. The van der Waals surface area contributed by atoms with Crippen LogP contribution in [0.2, 0.25) is 0 Å². The molecule has 0 spiro atoms. The summed E-state index contributed by atoms with van der Waals surface area (Å²) in [6, 6.07) is 7.57. The number of nitrogens with one attached hydrogen (secondary N) is 1. The highest BCUT2D eigenvalue weighted by Crippen LogP contribution is 2.33. The molecule has 0 bridgehead atoms. The van der Waals surface area contributed by atoms with E-state index in [9.17, 15) is 9.90 Å². The maximum atomic E-state index is 11.4. The average Bonchev–Trinajstić information content (AvgIpc) is 2.37. The van der Waals surface area contributed by atoms with E-state index in [1.165, 1.54) is 0 Å². The van der Waals surface area contributed by atoms with Crippen molar-refractivity contribution in [1.82, 2.24) is 9.97 Å². The van der Waals surface area contributed by atoms with E-state index in [1.807, 2.05) is 38.1 Å². The largest absolute Gasteiger partial charge is 0.481 e. The number of aliphatic carboxylic acids is 1. The lowest BCUT2D eigenvalue weighted by atomic mass is 9.74. The lowest BCUT2D eigenvalue weighted by molar-refractivity contribution is -0.149. The number of para-hydroxylation sites is 2. The molecule has 1 heterocycles. The maximum Gasteiger partial charge on any atom is 0.311 e. The van der Waals surface area contributed by atoms with Gasteiger partial charge in [0.05, 0.1) is 22.6 Å². The summed E-state index contributed by atoms with van der Waals surface area (Å²) in [4.78, 5) is 20.2. The highest BCUT2D eigenvalue weighted by molar-refractivity contribution is 5.77. The van der Waals surface area contributed by atoms with Gasteiger partial charge >= 0.3 is 5.97 Å². The van der Waals surface area contributed by atoms with Crippen LogP contribution in [0.1, 0.15) is 27.7 Å². The molecule has 1 aromatic heterocycles. The van der Waals surface area contributed by atoms with Gasteiger partial charge in [-0.05, 0) is 39.8 Å². The van der Waals surface area contributed by atoms with Gasteiger partial charge in [0.2, 0.25) is 0 Å². The highest BCUT2D eigenvalue weighted by atomic mass is 16.4. The fraction of sp³-hybridized carbons (Fsp3) is 0.400. The first-order valence-electron chi connectivity index (χ1n) is 6.47. The van der Waals surface area contributed by atoms with Crippen LogP contribution in [0.5, 0.6) is 0 Å². The van der Waals surface area contributed by atoms with Gasteiger partial charge in [0.25, 0.3) is 0 Å². The van der Waals surface area contributed by atoms with Crippen LogP contribution in [0.15, 0.2) is 30.5 Å². The van der Waals surface area contributed by atoms with Crippen molar-refractivity contribution in [3.05, 3.63) is 30.5 Å². The summed E-state index contributed by atoms with van der Waals surface area (Å²) in [5, 5.41) is 12.5. The Balaban J connectivity index is 2.34. The van der Waals surface area contributed by atoms with Gasteiger partial charge in [0, 0.05) is 5.54 Å². The number of carbonyl (C=O) groups is 1. The van der Waals surface area contributed by atoms with Crippen molar-refractivity contribution < 1.29 is 9.90 Å². The summed E-state index contributed by atoms with van der Waals surface area (Å²) in [7, 11) is 0. The highest BCUT2D eigenvalue weighted by Gasteiger charge is 2.43. The molecule has 5 heteroatoms. The second-order valence-electron chi connectivity index (χ2n) is 5.92. The normalized spacial score (nSPS) is 12.4. The van der Waals surface area contributed by atoms with Crippen LogP contribution in [0.4, 0.5) is 5.82 Å². The monoisotopic (exact) mass is 273 g/mol. The Morgan fingerprint density at radius 3 is 2.35 bits per heavy atom. The molecule has 106 valence electrons. The molecule has 5 nitrogen and oxygen atoms in total. The van der Waals surface area contributed by atoms with Crippen LogP contribution < -0.4 is 5.32 Å². The fourth-order valence-electron chi connectivity index (χ4n) is 1.76. The first-order chi connectivity index (χ1) is 9.24. The second kappa shape index (κ2) is 4.74. The zero-order valence-electron chi connectivity index (χ0n) is 12.1. The van der Waals surface area contributed by atoms with Crippen molar-refractivity contribution in [3.63, 3.8) is 0 Å². The molecule has 0 aliphatic rings. The Bertz CT molecular complexity index is 650. The molecule has 1 aromatic carbocycles. The molecule has 0 saturated carbocycles.